The quantitative estimate of drug-likeness (QED) is 0.471. The van der Waals surface area contributed by atoms with Crippen LogP contribution in [0.4, 0.5) is 0 Å². The van der Waals surface area contributed by atoms with Crippen LogP contribution in [0.25, 0.3) is 0 Å². The highest BCUT2D eigenvalue weighted by atomic mass is 32.2. The Labute approximate surface area is 85.4 Å². The normalized spacial score (nSPS) is 12.5. The molecule has 0 saturated carbocycles. The van der Waals surface area contributed by atoms with Crippen LogP contribution in [0, 0.1) is 0 Å². The average molecular weight is 204 g/mol. The van der Waals surface area contributed by atoms with E-state index in [1.807, 2.05) is 6.92 Å². The molecule has 0 aromatic rings. The summed E-state index contributed by atoms with van der Waals surface area (Å²) in [5.74, 6) is 0.935. The van der Waals surface area contributed by atoms with Crippen molar-refractivity contribution in [2.75, 3.05) is 12.4 Å². The highest BCUT2D eigenvalue weighted by Gasteiger charge is 2.16. The van der Waals surface area contributed by atoms with Crippen LogP contribution in [0.15, 0.2) is 0 Å². The maximum Gasteiger partial charge on any atom is 0.319 e. The molecule has 0 N–H and O–H groups in total. The number of ether oxygens (including phenoxy) is 1. The molecule has 0 aromatic heterocycles. The number of rotatable bonds is 7. The second-order valence-corrected chi connectivity index (χ2v) is 4.35. The van der Waals surface area contributed by atoms with E-state index in [1.54, 1.807) is 11.8 Å². The van der Waals surface area contributed by atoms with Crippen molar-refractivity contribution >= 4 is 17.7 Å². The fourth-order valence-corrected chi connectivity index (χ4v) is 1.81. The second kappa shape index (κ2) is 8.42. The number of unbranched alkanes of at least 4 members (excludes halogenated alkanes) is 1. The third-order valence-electron chi connectivity index (χ3n) is 1.74. The molecule has 13 heavy (non-hydrogen) atoms. The van der Waals surface area contributed by atoms with Gasteiger partial charge in [0.2, 0.25) is 0 Å². The summed E-state index contributed by atoms with van der Waals surface area (Å²) in [6.45, 7) is 6.75. The Morgan fingerprint density at radius 2 is 2.08 bits per heavy atom. The highest BCUT2D eigenvalue weighted by Crippen LogP contribution is 2.15. The molecule has 0 radical (unpaired) electrons. The number of hydrogen-bond acceptors (Lipinski definition) is 3. The number of esters is 1. The third-order valence-corrected chi connectivity index (χ3v) is 3.01. The fourth-order valence-electron chi connectivity index (χ4n) is 0.964. The Kier molecular flexibility index (Phi) is 8.30. The fraction of sp³-hybridized carbons (Fsp3) is 0.900. The summed E-state index contributed by atoms with van der Waals surface area (Å²) in [5.41, 5.74) is 0. The Morgan fingerprint density at radius 1 is 1.38 bits per heavy atom. The van der Waals surface area contributed by atoms with Gasteiger partial charge < -0.3 is 4.74 Å². The molecule has 1 unspecified atom stereocenters. The van der Waals surface area contributed by atoms with Crippen LogP contribution >= 0.6 is 11.8 Å². The third kappa shape index (κ3) is 5.97. The number of thioether (sulfide) groups is 1. The molecule has 0 fully saturated rings. The molecular formula is C10H20O2S. The van der Waals surface area contributed by atoms with Crippen molar-refractivity contribution in [1.82, 2.24) is 0 Å². The monoisotopic (exact) mass is 204 g/mol. The largest absolute Gasteiger partial charge is 0.465 e. The minimum atomic E-state index is -0.0391. The van der Waals surface area contributed by atoms with Crippen LogP contribution in [-0.2, 0) is 9.53 Å². The van der Waals surface area contributed by atoms with Crippen molar-refractivity contribution in [2.24, 2.45) is 0 Å². The first-order chi connectivity index (χ1) is 6.26. The molecule has 0 rings (SSSR count). The standard InChI is InChI=1S/C10H20O2S/c1-4-7-8-12-10(11)9(5-2)13-6-3/h9H,4-8H2,1-3H3. The molecule has 0 aliphatic rings. The predicted octanol–water partition coefficient (Wildman–Crippen LogP) is 2.86. The molecule has 2 nitrogen and oxygen atoms in total. The van der Waals surface area contributed by atoms with E-state index < -0.39 is 0 Å². The molecule has 0 bridgehead atoms. The first kappa shape index (κ1) is 12.8. The summed E-state index contributed by atoms with van der Waals surface area (Å²) in [4.78, 5) is 11.4. The van der Waals surface area contributed by atoms with Crippen LogP contribution in [-0.4, -0.2) is 23.6 Å². The van der Waals surface area contributed by atoms with E-state index in [1.165, 1.54) is 0 Å². The molecule has 3 heteroatoms. The Bertz CT molecular complexity index is 137. The Balaban J connectivity index is 3.64. The zero-order chi connectivity index (χ0) is 10.1. The molecule has 1 atom stereocenters. The van der Waals surface area contributed by atoms with Crippen LogP contribution in [0.2, 0.25) is 0 Å². The van der Waals surface area contributed by atoms with Crippen molar-refractivity contribution in [3.05, 3.63) is 0 Å². The van der Waals surface area contributed by atoms with Crippen LogP contribution in [0.1, 0.15) is 40.0 Å². The van der Waals surface area contributed by atoms with Crippen molar-refractivity contribution in [1.29, 1.82) is 0 Å². The zero-order valence-corrected chi connectivity index (χ0v) is 9.65. The zero-order valence-electron chi connectivity index (χ0n) is 8.84. The lowest BCUT2D eigenvalue weighted by molar-refractivity contribution is -0.143. The van der Waals surface area contributed by atoms with Gasteiger partial charge in [-0.3, -0.25) is 4.79 Å². The van der Waals surface area contributed by atoms with E-state index in [2.05, 4.69) is 13.8 Å². The summed E-state index contributed by atoms with van der Waals surface area (Å²) in [7, 11) is 0. The van der Waals surface area contributed by atoms with Gasteiger partial charge in [-0.1, -0.05) is 27.2 Å². The molecule has 0 aromatic carbocycles. The minimum Gasteiger partial charge on any atom is -0.465 e. The van der Waals surface area contributed by atoms with E-state index in [9.17, 15) is 4.79 Å². The Hall–Kier alpha value is -0.180. The van der Waals surface area contributed by atoms with Crippen molar-refractivity contribution in [3.63, 3.8) is 0 Å². The lowest BCUT2D eigenvalue weighted by atomic mass is 10.3. The first-order valence-electron chi connectivity index (χ1n) is 5.04. The molecular weight excluding hydrogens is 184 g/mol. The van der Waals surface area contributed by atoms with Crippen molar-refractivity contribution in [3.8, 4) is 0 Å². The van der Waals surface area contributed by atoms with Gasteiger partial charge in [-0.05, 0) is 18.6 Å². The molecule has 78 valence electrons. The first-order valence-corrected chi connectivity index (χ1v) is 6.09. The number of carbonyl (C=O) groups is 1. The van der Waals surface area contributed by atoms with Gasteiger partial charge in [0.15, 0.2) is 0 Å². The van der Waals surface area contributed by atoms with Gasteiger partial charge in [0.25, 0.3) is 0 Å². The SMILES string of the molecule is CCCCOC(=O)C(CC)SCC. The average Bonchev–Trinajstić information content (AvgIpc) is 2.14. The van der Waals surface area contributed by atoms with E-state index in [0.717, 1.165) is 25.0 Å². The summed E-state index contributed by atoms with van der Waals surface area (Å²) < 4.78 is 5.13. The van der Waals surface area contributed by atoms with E-state index in [4.69, 9.17) is 4.74 Å². The van der Waals surface area contributed by atoms with E-state index in [-0.39, 0.29) is 11.2 Å². The smallest absolute Gasteiger partial charge is 0.319 e. The molecule has 0 heterocycles. The number of hydrogen-bond donors (Lipinski definition) is 0. The second-order valence-electron chi connectivity index (χ2n) is 2.87. The van der Waals surface area contributed by atoms with Gasteiger partial charge in [0.05, 0.1) is 6.61 Å². The van der Waals surface area contributed by atoms with Gasteiger partial charge in [0, 0.05) is 0 Å². The topological polar surface area (TPSA) is 26.3 Å². The van der Waals surface area contributed by atoms with E-state index in [0.29, 0.717) is 6.61 Å². The van der Waals surface area contributed by atoms with Crippen molar-refractivity contribution in [2.45, 2.75) is 45.3 Å². The van der Waals surface area contributed by atoms with Crippen LogP contribution < -0.4 is 0 Å². The highest BCUT2D eigenvalue weighted by molar-refractivity contribution is 8.00. The lowest BCUT2D eigenvalue weighted by Crippen LogP contribution is -2.20. The van der Waals surface area contributed by atoms with Gasteiger partial charge in [-0.2, -0.15) is 0 Å². The van der Waals surface area contributed by atoms with Gasteiger partial charge in [-0.25, -0.2) is 0 Å². The summed E-state index contributed by atoms with van der Waals surface area (Å²) in [5, 5.41) is 0.0434. The van der Waals surface area contributed by atoms with Gasteiger partial charge >= 0.3 is 5.97 Å². The minimum absolute atomic E-state index is 0.0391. The van der Waals surface area contributed by atoms with Crippen molar-refractivity contribution < 1.29 is 9.53 Å². The molecule has 0 aliphatic carbocycles. The van der Waals surface area contributed by atoms with Gasteiger partial charge in [0.1, 0.15) is 5.25 Å². The molecule has 0 saturated heterocycles. The lowest BCUT2D eigenvalue weighted by Gasteiger charge is -2.12. The molecule has 0 amide bonds. The maximum absolute atomic E-state index is 11.4. The Morgan fingerprint density at radius 3 is 2.54 bits per heavy atom. The summed E-state index contributed by atoms with van der Waals surface area (Å²) >= 11 is 1.67. The van der Waals surface area contributed by atoms with Gasteiger partial charge in [-0.15, -0.1) is 11.8 Å². The molecule has 0 aliphatic heterocycles. The summed E-state index contributed by atoms with van der Waals surface area (Å²) in [6, 6.07) is 0. The van der Waals surface area contributed by atoms with Crippen LogP contribution in [0.3, 0.4) is 0 Å². The summed E-state index contributed by atoms with van der Waals surface area (Å²) in [6.07, 6.45) is 2.91. The van der Waals surface area contributed by atoms with E-state index >= 15 is 0 Å². The maximum atomic E-state index is 11.4. The number of carbonyl (C=O) groups excluding carboxylic acids is 1. The van der Waals surface area contributed by atoms with Crippen LogP contribution in [0.5, 0.6) is 0 Å². The predicted molar refractivity (Wildman–Crippen MR) is 58.1 cm³/mol. The molecule has 0 spiro atoms.